The first-order valence-corrected chi connectivity index (χ1v) is 20.4. The average molecular weight is 696 g/mol. The third-order valence-electron chi connectivity index (χ3n) is 14.8. The predicted molar refractivity (Wildman–Crippen MR) is 225 cm³/mol. The van der Waals surface area contributed by atoms with E-state index in [9.17, 15) is 0 Å². The number of anilines is 3. The predicted octanol–water partition coefficient (Wildman–Crippen LogP) is 14.0. The molecule has 0 amide bonds. The van der Waals surface area contributed by atoms with Crippen molar-refractivity contribution in [1.29, 1.82) is 0 Å². The van der Waals surface area contributed by atoms with Crippen molar-refractivity contribution in [1.82, 2.24) is 0 Å². The Kier molecular flexibility index (Phi) is 6.36. The van der Waals surface area contributed by atoms with E-state index in [4.69, 9.17) is 0 Å². The summed E-state index contributed by atoms with van der Waals surface area (Å²) in [6.45, 7) is 4.79. The largest absolute Gasteiger partial charge is 0.310 e. The van der Waals surface area contributed by atoms with Crippen molar-refractivity contribution in [3.8, 4) is 33.4 Å². The molecule has 0 aliphatic heterocycles. The van der Waals surface area contributed by atoms with Gasteiger partial charge in [-0.25, -0.2) is 0 Å². The molecule has 7 aromatic carbocycles. The van der Waals surface area contributed by atoms with Crippen LogP contribution >= 0.6 is 0 Å². The lowest BCUT2D eigenvalue weighted by Gasteiger charge is -2.61. The Bertz CT molecular complexity index is 2630. The minimum Gasteiger partial charge on any atom is -0.310 e. The topological polar surface area (TPSA) is 3.24 Å². The molecule has 7 aromatic rings. The lowest BCUT2D eigenvalue weighted by Crippen LogP contribution is -2.55. The number of nitrogens with zero attached hydrogens (tertiary/aromatic N) is 1. The van der Waals surface area contributed by atoms with Crippen LogP contribution < -0.4 is 4.90 Å². The van der Waals surface area contributed by atoms with Gasteiger partial charge in [0, 0.05) is 27.6 Å². The van der Waals surface area contributed by atoms with E-state index in [2.05, 4.69) is 170 Å². The highest BCUT2D eigenvalue weighted by Crippen LogP contribution is 2.69. The summed E-state index contributed by atoms with van der Waals surface area (Å²) in [4.78, 5) is 2.57. The molecule has 0 atom stereocenters. The summed E-state index contributed by atoms with van der Waals surface area (Å²) in [5.74, 6) is 3.39. The van der Waals surface area contributed by atoms with Gasteiger partial charge < -0.3 is 4.90 Å². The van der Waals surface area contributed by atoms with Gasteiger partial charge in [0.2, 0.25) is 0 Å². The molecule has 54 heavy (non-hydrogen) atoms. The highest BCUT2D eigenvalue weighted by Gasteiger charge is 2.61. The third-order valence-corrected chi connectivity index (χ3v) is 14.8. The first-order valence-electron chi connectivity index (χ1n) is 20.4. The Labute approximate surface area is 319 Å². The van der Waals surface area contributed by atoms with Crippen LogP contribution in [0.15, 0.2) is 152 Å². The summed E-state index contributed by atoms with van der Waals surface area (Å²) < 4.78 is 0. The molecule has 0 heterocycles. The van der Waals surface area contributed by atoms with Crippen LogP contribution in [0.5, 0.6) is 0 Å². The fourth-order valence-corrected chi connectivity index (χ4v) is 12.9. The van der Waals surface area contributed by atoms with Crippen molar-refractivity contribution < 1.29 is 0 Å². The third kappa shape index (κ3) is 4.05. The summed E-state index contributed by atoms with van der Waals surface area (Å²) in [6, 6.07) is 58.0. The van der Waals surface area contributed by atoms with E-state index in [1.807, 2.05) is 0 Å². The summed E-state index contributed by atoms with van der Waals surface area (Å²) in [5.41, 5.74) is 17.9. The lowest BCUT2D eigenvalue weighted by atomic mass is 9.43. The van der Waals surface area contributed by atoms with Gasteiger partial charge in [-0.3, -0.25) is 0 Å². The summed E-state index contributed by atoms with van der Waals surface area (Å²) in [6.07, 6.45) is 7.10. The highest BCUT2D eigenvalue weighted by atomic mass is 15.1. The van der Waals surface area contributed by atoms with Crippen molar-refractivity contribution >= 4 is 27.8 Å². The Morgan fingerprint density at radius 3 is 1.74 bits per heavy atom. The van der Waals surface area contributed by atoms with Gasteiger partial charge in [-0.2, -0.15) is 0 Å². The van der Waals surface area contributed by atoms with Gasteiger partial charge in [-0.05, 0) is 147 Å². The normalized spacial score (nSPS) is 24.7. The van der Waals surface area contributed by atoms with E-state index in [1.54, 1.807) is 11.1 Å². The van der Waals surface area contributed by atoms with Crippen molar-refractivity contribution in [3.63, 3.8) is 0 Å². The second-order valence-electron chi connectivity index (χ2n) is 17.7. The van der Waals surface area contributed by atoms with Crippen LogP contribution in [0.3, 0.4) is 0 Å². The van der Waals surface area contributed by atoms with Gasteiger partial charge in [0.1, 0.15) is 0 Å². The molecule has 6 aliphatic carbocycles. The molecule has 0 N–H and O–H groups in total. The minimum absolute atomic E-state index is 0.0877. The lowest BCUT2D eigenvalue weighted by molar-refractivity contribution is -0.0399. The number of benzene rings is 7. The molecular formula is C53H45N. The molecule has 1 heteroatoms. The number of rotatable bonds is 4. The zero-order valence-corrected chi connectivity index (χ0v) is 31.2. The molecule has 4 fully saturated rings. The summed E-state index contributed by atoms with van der Waals surface area (Å²) in [5, 5.41) is 2.54. The van der Waals surface area contributed by atoms with Crippen LogP contribution in [0.1, 0.15) is 68.2 Å². The van der Waals surface area contributed by atoms with E-state index in [-0.39, 0.29) is 10.8 Å². The first kappa shape index (κ1) is 31.0. The Morgan fingerprint density at radius 2 is 0.981 bits per heavy atom. The van der Waals surface area contributed by atoms with Crippen molar-refractivity contribution in [2.45, 2.75) is 56.8 Å². The molecule has 4 bridgehead atoms. The van der Waals surface area contributed by atoms with Gasteiger partial charge in [0.05, 0.1) is 5.69 Å². The highest BCUT2D eigenvalue weighted by molar-refractivity contribution is 6.06. The molecule has 262 valence electrons. The number of fused-ring (bicyclic) bond motifs is 7. The van der Waals surface area contributed by atoms with Crippen molar-refractivity contribution in [2.75, 3.05) is 4.90 Å². The van der Waals surface area contributed by atoms with Crippen LogP contribution in [0.4, 0.5) is 17.1 Å². The Balaban J connectivity index is 1.09. The van der Waals surface area contributed by atoms with Crippen LogP contribution in [0.25, 0.3) is 44.2 Å². The van der Waals surface area contributed by atoms with Crippen LogP contribution in [0.2, 0.25) is 0 Å². The van der Waals surface area contributed by atoms with Crippen molar-refractivity contribution in [3.05, 3.63) is 174 Å². The second kappa shape index (κ2) is 11.1. The maximum atomic E-state index is 2.58. The van der Waals surface area contributed by atoms with Crippen LogP contribution in [-0.4, -0.2) is 0 Å². The van der Waals surface area contributed by atoms with E-state index < -0.39 is 0 Å². The second-order valence-corrected chi connectivity index (χ2v) is 17.7. The number of hydrogen-bond donors (Lipinski definition) is 0. The van der Waals surface area contributed by atoms with Crippen LogP contribution in [-0.2, 0) is 10.8 Å². The molecule has 13 rings (SSSR count). The molecular weight excluding hydrogens is 651 g/mol. The molecule has 1 spiro atoms. The maximum absolute atomic E-state index is 2.58. The average Bonchev–Trinajstić information content (AvgIpc) is 3.62. The van der Waals surface area contributed by atoms with E-state index in [0.29, 0.717) is 0 Å². The Morgan fingerprint density at radius 1 is 0.426 bits per heavy atom. The van der Waals surface area contributed by atoms with Gasteiger partial charge in [0.15, 0.2) is 0 Å². The monoisotopic (exact) mass is 695 g/mol. The zero-order chi connectivity index (χ0) is 35.8. The standard InChI is InChI=1S/C53H45N/c1-52(2)47-18-10-8-15-42(47)44-22-20-39(32-50(44)52)54(51-25-23-40(35-12-4-3-5-13-35)41-14-6-7-17-45(41)51)38-21-24-49-46(31-38)43-16-9-11-19-48(43)53(49)36-27-33-26-34(29-36)30-37(53)28-33/h3-25,31-34,36-37H,26-30H2,1-2H3. The Hall–Kier alpha value is -5.40. The minimum atomic E-state index is -0.0877. The van der Waals surface area contributed by atoms with Gasteiger partial charge in [-0.1, -0.05) is 135 Å². The van der Waals surface area contributed by atoms with Gasteiger partial charge >= 0.3 is 0 Å². The van der Waals surface area contributed by atoms with Gasteiger partial charge in [0.25, 0.3) is 0 Å². The zero-order valence-electron chi connectivity index (χ0n) is 31.2. The molecule has 0 aromatic heterocycles. The smallest absolute Gasteiger partial charge is 0.0540 e. The maximum Gasteiger partial charge on any atom is 0.0540 e. The SMILES string of the molecule is CC1(C)c2ccccc2-c2ccc(N(c3ccc4c(c3)-c3ccccc3C43C4CC5CC(C4)CC3C5)c3ccc(-c4ccccc4)c4ccccc34)cc21. The van der Waals surface area contributed by atoms with E-state index in [1.165, 1.54) is 104 Å². The summed E-state index contributed by atoms with van der Waals surface area (Å²) in [7, 11) is 0. The quantitative estimate of drug-likeness (QED) is 0.177. The van der Waals surface area contributed by atoms with Crippen LogP contribution in [0, 0.1) is 23.7 Å². The summed E-state index contributed by atoms with van der Waals surface area (Å²) >= 11 is 0. The van der Waals surface area contributed by atoms with E-state index >= 15 is 0 Å². The molecule has 0 radical (unpaired) electrons. The molecule has 1 nitrogen and oxygen atoms in total. The fourth-order valence-electron chi connectivity index (χ4n) is 12.9. The molecule has 6 aliphatic rings. The van der Waals surface area contributed by atoms with Gasteiger partial charge in [-0.15, -0.1) is 0 Å². The molecule has 4 saturated carbocycles. The fraction of sp³-hybridized carbons (Fsp3) is 0.245. The first-order chi connectivity index (χ1) is 26.5. The van der Waals surface area contributed by atoms with E-state index in [0.717, 1.165) is 23.7 Å². The molecule has 0 unspecified atom stereocenters. The molecule has 0 saturated heterocycles. The van der Waals surface area contributed by atoms with Crippen molar-refractivity contribution in [2.24, 2.45) is 23.7 Å². The number of hydrogen-bond acceptors (Lipinski definition) is 1.